The molecule has 0 aliphatic rings. The molecule has 0 spiro atoms. The molecule has 3 aromatic heterocycles. The minimum absolute atomic E-state index is 0.0875. The molecule has 0 amide bonds. The molecule has 19 nitrogen and oxygen atoms in total. The Morgan fingerprint density at radius 1 is 0.432 bits per heavy atom. The first-order valence-electron chi connectivity index (χ1n) is 25.5. The van der Waals surface area contributed by atoms with Crippen LogP contribution in [0, 0.1) is 13.8 Å². The standard InChI is InChI=1S/C18H17NO6S.C18H17NO5S.C17H15NO5S.3C2H6/c1-23-11-16-17(18(20)24-2)14-10-12(8-9-15(14)25-16)19-26(21,22)13-6-4-3-5-7-13;1-3-23-18(20)17-12(2)24-16-10-9-13(11-15(16)17)19-25(21,22)14-7-5-4-6-8-14;1-11-16(17(19)22-2)14-10-12(8-9-15(14)23-11)18-24(20,21)13-6-4-3-5-7-13;3*1-2/h3-10,19H,11H2,1-2H3;4-11,19H,3H2,1-2H3;3-10,18H,1-2H3;3*1-2H3. The molecule has 6 aromatic carbocycles. The van der Waals surface area contributed by atoms with Crippen LogP contribution in [0.25, 0.3) is 32.9 Å². The summed E-state index contributed by atoms with van der Waals surface area (Å²) in [6.45, 7) is 17.4. The van der Waals surface area contributed by atoms with Gasteiger partial charge < -0.3 is 32.2 Å². The number of nitrogens with one attached hydrogen (secondary N) is 3. The third-order valence-corrected chi connectivity index (χ3v) is 15.1. The highest BCUT2D eigenvalue weighted by Gasteiger charge is 2.25. The second kappa shape index (κ2) is 30.2. The van der Waals surface area contributed by atoms with Crippen molar-refractivity contribution in [2.45, 2.75) is 83.6 Å². The maximum absolute atomic E-state index is 12.5. The van der Waals surface area contributed by atoms with Gasteiger partial charge in [-0.15, -0.1) is 0 Å². The van der Waals surface area contributed by atoms with Crippen LogP contribution in [0.4, 0.5) is 17.1 Å². The predicted octanol–water partition coefficient (Wildman–Crippen LogP) is 13.3. The maximum Gasteiger partial charge on any atom is 0.342 e. The van der Waals surface area contributed by atoms with Crippen molar-refractivity contribution in [1.29, 1.82) is 0 Å². The molecule has 9 rings (SSSR count). The zero-order valence-electron chi connectivity index (χ0n) is 47.0. The number of methoxy groups -OCH3 is 3. The number of furan rings is 3. The summed E-state index contributed by atoms with van der Waals surface area (Å²) in [7, 11) is -7.15. The number of benzene rings is 6. The van der Waals surface area contributed by atoms with E-state index in [1.54, 1.807) is 124 Å². The third kappa shape index (κ3) is 16.3. The van der Waals surface area contributed by atoms with Gasteiger partial charge in [0.2, 0.25) is 0 Å². The van der Waals surface area contributed by atoms with Crippen LogP contribution in [0.1, 0.15) is 96.8 Å². The summed E-state index contributed by atoms with van der Waals surface area (Å²) >= 11 is 0. The molecule has 0 saturated carbocycles. The van der Waals surface area contributed by atoms with Crippen LogP contribution in [0.2, 0.25) is 0 Å². The molecule has 0 unspecified atom stereocenters. The van der Waals surface area contributed by atoms with Crippen molar-refractivity contribution in [3.8, 4) is 0 Å². The molecule has 0 radical (unpaired) electrons. The van der Waals surface area contributed by atoms with Crippen LogP contribution < -0.4 is 14.2 Å². The van der Waals surface area contributed by atoms with Crippen molar-refractivity contribution in [2.24, 2.45) is 0 Å². The number of sulfonamides is 3. The van der Waals surface area contributed by atoms with Gasteiger partial charge in [0.15, 0.2) is 0 Å². The van der Waals surface area contributed by atoms with Crippen LogP contribution >= 0.6 is 0 Å². The molecule has 0 atom stereocenters. The Balaban J connectivity index is 0.000000250. The number of rotatable bonds is 15. The van der Waals surface area contributed by atoms with Gasteiger partial charge in [-0.2, -0.15) is 0 Å². The first kappa shape index (κ1) is 65.1. The Morgan fingerprint density at radius 3 is 1.06 bits per heavy atom. The largest absolute Gasteiger partial charge is 0.465 e. The lowest BCUT2D eigenvalue weighted by atomic mass is 10.1. The molecule has 9 aromatic rings. The average molecular weight is 1170 g/mol. The number of anilines is 3. The highest BCUT2D eigenvalue weighted by molar-refractivity contribution is 7.93. The summed E-state index contributed by atoms with van der Waals surface area (Å²) in [5, 5.41) is 1.44. The number of hydrogen-bond donors (Lipinski definition) is 3. The number of esters is 3. The lowest BCUT2D eigenvalue weighted by Crippen LogP contribution is -2.12. The fraction of sp³-hybridized carbons (Fsp3) is 0.237. The second-order valence-electron chi connectivity index (χ2n) is 16.0. The summed E-state index contributed by atoms with van der Waals surface area (Å²) in [5.74, 6) is -0.455. The summed E-state index contributed by atoms with van der Waals surface area (Å²) < 4.78 is 118. The number of carbonyl (C=O) groups is 3. The Morgan fingerprint density at radius 2 is 0.741 bits per heavy atom. The highest BCUT2D eigenvalue weighted by Crippen LogP contribution is 2.33. The van der Waals surface area contributed by atoms with E-state index in [1.165, 1.54) is 63.8 Å². The maximum atomic E-state index is 12.5. The van der Waals surface area contributed by atoms with Gasteiger partial charge in [-0.05, 0) is 112 Å². The van der Waals surface area contributed by atoms with Crippen molar-refractivity contribution in [2.75, 3.05) is 42.1 Å². The van der Waals surface area contributed by atoms with Crippen LogP contribution in [-0.2, 0) is 55.6 Å². The van der Waals surface area contributed by atoms with Gasteiger partial charge in [0.25, 0.3) is 30.1 Å². The van der Waals surface area contributed by atoms with Crippen molar-refractivity contribution in [3.05, 3.63) is 180 Å². The topological polar surface area (TPSA) is 266 Å². The average Bonchev–Trinajstić information content (AvgIpc) is 4.29. The van der Waals surface area contributed by atoms with Gasteiger partial charge in [0.1, 0.15) is 57.3 Å². The molecule has 0 bridgehead atoms. The number of carbonyl (C=O) groups excluding carboxylic acids is 3. The van der Waals surface area contributed by atoms with Crippen LogP contribution in [0.5, 0.6) is 0 Å². The molecule has 3 heterocycles. The van der Waals surface area contributed by atoms with Gasteiger partial charge in [-0.3, -0.25) is 14.2 Å². The zero-order valence-corrected chi connectivity index (χ0v) is 49.5. The fourth-order valence-corrected chi connectivity index (χ4v) is 10.8. The molecule has 3 N–H and O–H groups in total. The molecule has 81 heavy (non-hydrogen) atoms. The minimum Gasteiger partial charge on any atom is -0.465 e. The number of hydrogen-bond acceptors (Lipinski definition) is 16. The van der Waals surface area contributed by atoms with Gasteiger partial charge in [-0.25, -0.2) is 39.6 Å². The van der Waals surface area contributed by atoms with E-state index >= 15 is 0 Å². The Kier molecular flexibility index (Phi) is 24.3. The van der Waals surface area contributed by atoms with Crippen molar-refractivity contribution in [3.63, 3.8) is 0 Å². The van der Waals surface area contributed by atoms with Crippen molar-refractivity contribution in [1.82, 2.24) is 0 Å². The van der Waals surface area contributed by atoms with E-state index in [2.05, 4.69) is 14.2 Å². The lowest BCUT2D eigenvalue weighted by Gasteiger charge is -2.08. The van der Waals surface area contributed by atoms with Gasteiger partial charge in [0, 0.05) is 40.3 Å². The lowest BCUT2D eigenvalue weighted by molar-refractivity contribution is 0.0524. The smallest absolute Gasteiger partial charge is 0.342 e. The minimum atomic E-state index is -3.75. The Labute approximate surface area is 472 Å². The van der Waals surface area contributed by atoms with E-state index in [-0.39, 0.29) is 39.0 Å². The summed E-state index contributed by atoms with van der Waals surface area (Å²) in [4.78, 5) is 36.6. The van der Waals surface area contributed by atoms with E-state index in [0.717, 1.165) is 0 Å². The van der Waals surface area contributed by atoms with Crippen molar-refractivity contribution < 1.29 is 71.8 Å². The Hall–Kier alpha value is -8.44. The summed E-state index contributed by atoms with van der Waals surface area (Å²) in [6, 6.07) is 38.3. The quantitative estimate of drug-likeness (QED) is 0.0636. The number of aryl methyl sites for hydroxylation is 2. The van der Waals surface area contributed by atoms with E-state index in [1.807, 2.05) is 41.5 Å². The molecule has 0 aliphatic heterocycles. The highest BCUT2D eigenvalue weighted by atomic mass is 32.2. The first-order valence-corrected chi connectivity index (χ1v) is 29.9. The van der Waals surface area contributed by atoms with Crippen LogP contribution in [0.3, 0.4) is 0 Å². The Bertz CT molecular complexity index is 3880. The van der Waals surface area contributed by atoms with Gasteiger partial charge in [0.05, 0.1) is 35.5 Å². The van der Waals surface area contributed by atoms with E-state index in [4.69, 9.17) is 32.2 Å². The molecule has 0 saturated heterocycles. The van der Waals surface area contributed by atoms with Crippen LogP contribution in [-0.4, -0.2) is 71.1 Å². The van der Waals surface area contributed by atoms with Crippen LogP contribution in [0.15, 0.2) is 174 Å². The molecule has 0 aliphatic carbocycles. The summed E-state index contributed by atoms with van der Waals surface area (Å²) in [6.07, 6.45) is 0. The number of ether oxygens (including phenoxy) is 4. The normalized spacial score (nSPS) is 10.8. The summed E-state index contributed by atoms with van der Waals surface area (Å²) in [5.41, 5.74) is 3.17. The van der Waals surface area contributed by atoms with E-state index in [0.29, 0.717) is 72.8 Å². The number of fused-ring (bicyclic) bond motifs is 3. The monoisotopic (exact) mass is 1170 g/mol. The van der Waals surface area contributed by atoms with Gasteiger partial charge >= 0.3 is 17.9 Å². The predicted molar refractivity (Wildman–Crippen MR) is 313 cm³/mol. The molecule has 432 valence electrons. The molecule has 0 fully saturated rings. The van der Waals surface area contributed by atoms with Crippen molar-refractivity contribution >= 4 is 97.9 Å². The van der Waals surface area contributed by atoms with E-state index < -0.39 is 48.0 Å². The molecular weight excluding hydrogens is 1100 g/mol. The first-order chi connectivity index (χ1) is 38.8. The van der Waals surface area contributed by atoms with E-state index in [9.17, 15) is 39.6 Å². The zero-order chi connectivity index (χ0) is 60.1. The molecule has 22 heteroatoms. The SMILES string of the molecule is CC.CC.CC.CCOC(=O)c1c(C)oc2ccc(NS(=O)(=O)c3ccccc3)cc12.COC(=O)c1c(C)oc2ccc(NS(=O)(=O)c3ccccc3)cc12.COCc1oc2ccc(NS(=O)(=O)c3ccccc3)cc2c1C(=O)OC. The van der Waals surface area contributed by atoms with Gasteiger partial charge in [-0.1, -0.05) is 96.1 Å². The third-order valence-electron chi connectivity index (χ3n) is 10.9. The molecular formula is C59H67N3O16S3. The second-order valence-corrected chi connectivity index (χ2v) is 21.0. The fourth-order valence-electron chi connectivity index (χ4n) is 7.59.